The minimum Gasteiger partial charge on any atom is -0.497 e. The number of hydrogen-bond donors (Lipinski definition) is 0. The maximum atomic E-state index is 12.6. The average Bonchev–Trinajstić information content (AvgIpc) is 3.38. The van der Waals surface area contributed by atoms with Gasteiger partial charge in [-0.2, -0.15) is 0 Å². The molecule has 2 aromatic carbocycles. The van der Waals surface area contributed by atoms with Crippen molar-refractivity contribution in [2.75, 3.05) is 19.9 Å². The zero-order chi connectivity index (χ0) is 20.9. The molecule has 0 aliphatic rings. The van der Waals surface area contributed by atoms with Gasteiger partial charge in [0.25, 0.3) is 0 Å². The molecule has 0 fully saturated rings. The van der Waals surface area contributed by atoms with E-state index in [1.807, 2.05) is 48.5 Å². The van der Waals surface area contributed by atoms with Gasteiger partial charge >= 0.3 is 0 Å². The summed E-state index contributed by atoms with van der Waals surface area (Å²) in [4.78, 5) is 18.9. The fraction of sp³-hybridized carbons (Fsp3) is 0.250. The summed E-state index contributed by atoms with van der Waals surface area (Å²) < 4.78 is 7.99. The van der Waals surface area contributed by atoms with Gasteiger partial charge < -0.3 is 9.64 Å². The van der Waals surface area contributed by atoms with E-state index < -0.39 is 0 Å². The number of thioether (sulfide) groups is 1. The number of rotatable bonds is 8. The number of tetrazole rings is 1. The lowest BCUT2D eigenvalue weighted by molar-refractivity contribution is -0.127. The first kappa shape index (κ1) is 20.3. The van der Waals surface area contributed by atoms with E-state index in [9.17, 15) is 4.79 Å². The van der Waals surface area contributed by atoms with Crippen molar-refractivity contribution in [1.82, 2.24) is 30.1 Å². The molecule has 0 bridgehead atoms. The standard InChI is InChI=1S/C20H20N6O2S2/c1-25(12-18-21-16-5-3-4-6-17(16)30-18)19(27)13-29-20-22-23-24-26(20)11-14-7-9-15(28-2)10-8-14/h3-10H,11-13H2,1-2H3. The third kappa shape index (κ3) is 4.77. The van der Waals surface area contributed by atoms with E-state index in [4.69, 9.17) is 4.74 Å². The molecule has 1 amide bonds. The van der Waals surface area contributed by atoms with Crippen LogP contribution >= 0.6 is 23.1 Å². The molecule has 30 heavy (non-hydrogen) atoms. The third-order valence-electron chi connectivity index (χ3n) is 4.45. The lowest BCUT2D eigenvalue weighted by Gasteiger charge is -2.15. The van der Waals surface area contributed by atoms with Crippen LogP contribution in [0.2, 0.25) is 0 Å². The number of hydrogen-bond acceptors (Lipinski definition) is 8. The summed E-state index contributed by atoms with van der Waals surface area (Å²) in [5, 5.41) is 13.4. The van der Waals surface area contributed by atoms with E-state index in [2.05, 4.69) is 20.5 Å². The Labute approximate surface area is 181 Å². The Balaban J connectivity index is 1.33. The second-order valence-electron chi connectivity index (χ2n) is 6.58. The van der Waals surface area contributed by atoms with Crippen molar-refractivity contribution in [2.24, 2.45) is 0 Å². The molecule has 0 saturated heterocycles. The van der Waals surface area contributed by atoms with Crippen LogP contribution in [0.5, 0.6) is 5.75 Å². The highest BCUT2D eigenvalue weighted by atomic mass is 32.2. The van der Waals surface area contributed by atoms with Crippen molar-refractivity contribution in [3.63, 3.8) is 0 Å². The molecule has 10 heteroatoms. The largest absolute Gasteiger partial charge is 0.497 e. The lowest BCUT2D eigenvalue weighted by atomic mass is 10.2. The molecule has 0 unspecified atom stereocenters. The second-order valence-corrected chi connectivity index (χ2v) is 8.64. The number of amides is 1. The van der Waals surface area contributed by atoms with Crippen LogP contribution in [0.3, 0.4) is 0 Å². The number of fused-ring (bicyclic) bond motifs is 1. The Morgan fingerprint density at radius 2 is 2.00 bits per heavy atom. The fourth-order valence-corrected chi connectivity index (χ4v) is 4.66. The molecule has 4 aromatic rings. The number of methoxy groups -OCH3 is 1. The van der Waals surface area contributed by atoms with Gasteiger partial charge in [-0.05, 0) is 40.3 Å². The van der Waals surface area contributed by atoms with Crippen molar-refractivity contribution >= 4 is 39.2 Å². The summed E-state index contributed by atoms with van der Waals surface area (Å²) in [5.74, 6) is 1.05. The first-order valence-electron chi connectivity index (χ1n) is 9.22. The topological polar surface area (TPSA) is 86.0 Å². The molecule has 0 N–H and O–H groups in total. The van der Waals surface area contributed by atoms with Crippen molar-refractivity contribution in [3.8, 4) is 5.75 Å². The van der Waals surface area contributed by atoms with Crippen LogP contribution in [-0.4, -0.2) is 55.9 Å². The Morgan fingerprint density at radius 3 is 2.77 bits per heavy atom. The van der Waals surface area contributed by atoms with E-state index >= 15 is 0 Å². The molecule has 2 heterocycles. The Morgan fingerprint density at radius 1 is 1.20 bits per heavy atom. The molecular weight excluding hydrogens is 420 g/mol. The molecule has 0 aliphatic heterocycles. The molecule has 0 aliphatic carbocycles. The summed E-state index contributed by atoms with van der Waals surface area (Å²) in [6.07, 6.45) is 0. The third-order valence-corrected chi connectivity index (χ3v) is 6.41. The molecular formula is C20H20N6O2S2. The van der Waals surface area contributed by atoms with E-state index in [1.165, 1.54) is 11.8 Å². The Bertz CT molecular complexity index is 1110. The zero-order valence-electron chi connectivity index (χ0n) is 16.6. The maximum absolute atomic E-state index is 12.6. The van der Waals surface area contributed by atoms with Crippen LogP contribution < -0.4 is 4.74 Å². The number of carbonyl (C=O) groups is 1. The zero-order valence-corrected chi connectivity index (χ0v) is 18.2. The molecule has 0 saturated carbocycles. The second kappa shape index (κ2) is 9.23. The number of carbonyl (C=O) groups excluding carboxylic acids is 1. The lowest BCUT2D eigenvalue weighted by Crippen LogP contribution is -2.27. The summed E-state index contributed by atoms with van der Waals surface area (Å²) in [5.41, 5.74) is 2.01. The SMILES string of the molecule is COc1ccc(Cn2nnnc2SCC(=O)N(C)Cc2nc3ccccc3s2)cc1. The molecule has 8 nitrogen and oxygen atoms in total. The Hall–Kier alpha value is -2.98. The van der Waals surface area contributed by atoms with E-state index in [0.29, 0.717) is 18.2 Å². The maximum Gasteiger partial charge on any atom is 0.233 e. The van der Waals surface area contributed by atoms with Crippen molar-refractivity contribution < 1.29 is 9.53 Å². The average molecular weight is 441 g/mol. The highest BCUT2D eigenvalue weighted by Crippen LogP contribution is 2.23. The summed E-state index contributed by atoms with van der Waals surface area (Å²) >= 11 is 2.93. The monoisotopic (exact) mass is 440 g/mol. The summed E-state index contributed by atoms with van der Waals surface area (Å²) in [7, 11) is 3.42. The van der Waals surface area contributed by atoms with Crippen molar-refractivity contribution in [2.45, 2.75) is 18.2 Å². The highest BCUT2D eigenvalue weighted by molar-refractivity contribution is 7.99. The van der Waals surface area contributed by atoms with Crippen LogP contribution in [-0.2, 0) is 17.9 Å². The highest BCUT2D eigenvalue weighted by Gasteiger charge is 2.15. The van der Waals surface area contributed by atoms with E-state index in [-0.39, 0.29) is 11.7 Å². The van der Waals surface area contributed by atoms with Gasteiger partial charge in [0.05, 0.1) is 36.2 Å². The van der Waals surface area contributed by atoms with Crippen molar-refractivity contribution in [1.29, 1.82) is 0 Å². The van der Waals surface area contributed by atoms with Gasteiger partial charge in [0.1, 0.15) is 10.8 Å². The molecule has 154 valence electrons. The van der Waals surface area contributed by atoms with Gasteiger partial charge in [-0.1, -0.05) is 36.0 Å². The first-order chi connectivity index (χ1) is 14.6. The molecule has 4 rings (SSSR count). The van der Waals surface area contributed by atoms with Gasteiger partial charge in [-0.15, -0.1) is 16.4 Å². The number of para-hydroxylation sites is 1. The number of aromatic nitrogens is 5. The quantitative estimate of drug-likeness (QED) is 0.389. The van der Waals surface area contributed by atoms with Gasteiger partial charge in [0.15, 0.2) is 0 Å². The van der Waals surface area contributed by atoms with E-state index in [1.54, 1.807) is 35.1 Å². The van der Waals surface area contributed by atoms with Gasteiger partial charge in [-0.25, -0.2) is 9.67 Å². The predicted molar refractivity (Wildman–Crippen MR) is 117 cm³/mol. The van der Waals surface area contributed by atoms with Gasteiger partial charge in [-0.3, -0.25) is 4.79 Å². The first-order valence-corrected chi connectivity index (χ1v) is 11.0. The van der Waals surface area contributed by atoms with Crippen LogP contribution in [0.15, 0.2) is 53.7 Å². The smallest absolute Gasteiger partial charge is 0.233 e. The summed E-state index contributed by atoms with van der Waals surface area (Å²) in [6.45, 7) is 1.00. The van der Waals surface area contributed by atoms with Crippen LogP contribution in [0, 0.1) is 0 Å². The summed E-state index contributed by atoms with van der Waals surface area (Å²) in [6, 6.07) is 15.7. The van der Waals surface area contributed by atoms with E-state index in [0.717, 1.165) is 26.5 Å². The molecule has 0 atom stereocenters. The normalized spacial score (nSPS) is 11.0. The Kier molecular flexibility index (Phi) is 6.24. The minimum absolute atomic E-state index is 0.00162. The minimum atomic E-state index is -0.00162. The van der Waals surface area contributed by atoms with Crippen LogP contribution in [0.25, 0.3) is 10.2 Å². The van der Waals surface area contributed by atoms with Crippen molar-refractivity contribution in [3.05, 3.63) is 59.1 Å². The number of nitrogens with zero attached hydrogens (tertiary/aromatic N) is 6. The molecule has 0 radical (unpaired) electrons. The number of thiazole rings is 1. The molecule has 0 spiro atoms. The van der Waals surface area contributed by atoms with Gasteiger partial charge in [0, 0.05) is 7.05 Å². The number of benzene rings is 2. The van der Waals surface area contributed by atoms with Gasteiger partial charge in [0.2, 0.25) is 11.1 Å². The predicted octanol–water partition coefficient (Wildman–Crippen LogP) is 3.09. The number of ether oxygens (including phenoxy) is 1. The van der Waals surface area contributed by atoms with Crippen LogP contribution in [0.4, 0.5) is 0 Å². The fourth-order valence-electron chi connectivity index (χ4n) is 2.82. The van der Waals surface area contributed by atoms with Crippen LogP contribution in [0.1, 0.15) is 10.6 Å². The molecule has 2 aromatic heterocycles.